The molecule has 0 aromatic rings. The van der Waals surface area contributed by atoms with Gasteiger partial charge in [0.05, 0.1) is 0 Å². The van der Waals surface area contributed by atoms with Gasteiger partial charge in [0.2, 0.25) is 5.91 Å². The van der Waals surface area contributed by atoms with Gasteiger partial charge in [-0.25, -0.2) is 0 Å². The Hall–Kier alpha value is -0.570. The van der Waals surface area contributed by atoms with Gasteiger partial charge >= 0.3 is 0 Å². The number of carbonyl (C=O) groups excluding carboxylic acids is 1. The van der Waals surface area contributed by atoms with Crippen molar-refractivity contribution in [2.45, 2.75) is 59.4 Å². The van der Waals surface area contributed by atoms with Crippen molar-refractivity contribution >= 4 is 5.91 Å². The predicted octanol–water partition coefficient (Wildman–Crippen LogP) is 2.56. The summed E-state index contributed by atoms with van der Waals surface area (Å²) in [7, 11) is 0. The number of carbonyl (C=O) groups is 1. The van der Waals surface area contributed by atoms with Crippen LogP contribution in [0.2, 0.25) is 0 Å². The zero-order valence-electron chi connectivity index (χ0n) is 12.5. The van der Waals surface area contributed by atoms with Gasteiger partial charge in [0.1, 0.15) is 0 Å². The molecule has 3 heteroatoms. The van der Waals surface area contributed by atoms with Crippen LogP contribution in [0.15, 0.2) is 0 Å². The first kappa shape index (κ1) is 15.5. The van der Waals surface area contributed by atoms with Gasteiger partial charge in [0.15, 0.2) is 0 Å². The van der Waals surface area contributed by atoms with E-state index in [-0.39, 0.29) is 11.8 Å². The van der Waals surface area contributed by atoms with Crippen molar-refractivity contribution in [2.75, 3.05) is 13.1 Å². The average Bonchev–Trinajstić information content (AvgIpc) is 2.34. The Labute approximate surface area is 112 Å². The lowest BCUT2D eigenvalue weighted by atomic mass is 9.79. The van der Waals surface area contributed by atoms with Crippen LogP contribution in [-0.4, -0.2) is 25.0 Å². The molecule has 0 heterocycles. The lowest BCUT2D eigenvalue weighted by Gasteiger charge is -2.32. The zero-order valence-corrected chi connectivity index (χ0v) is 12.5. The summed E-state index contributed by atoms with van der Waals surface area (Å²) in [6.07, 6.45) is 5.33. The molecule has 0 aromatic heterocycles. The quantitative estimate of drug-likeness (QED) is 0.715. The van der Waals surface area contributed by atoms with Gasteiger partial charge in [-0.05, 0) is 24.7 Å². The normalized spacial score (nSPS) is 24.6. The van der Waals surface area contributed by atoms with Gasteiger partial charge in [-0.2, -0.15) is 0 Å². The van der Waals surface area contributed by atoms with Crippen LogP contribution < -0.4 is 10.6 Å². The summed E-state index contributed by atoms with van der Waals surface area (Å²) in [5.74, 6) is 1.92. The first-order chi connectivity index (χ1) is 8.50. The van der Waals surface area contributed by atoms with Crippen LogP contribution in [0.25, 0.3) is 0 Å². The van der Waals surface area contributed by atoms with Crippen molar-refractivity contribution in [1.82, 2.24) is 10.6 Å². The highest BCUT2D eigenvalue weighted by Gasteiger charge is 2.23. The number of rotatable bonds is 6. The third kappa shape index (κ3) is 5.38. The smallest absolute Gasteiger partial charge is 0.222 e. The largest absolute Gasteiger partial charge is 0.355 e. The highest BCUT2D eigenvalue weighted by molar-refractivity contribution is 5.77. The van der Waals surface area contributed by atoms with E-state index < -0.39 is 0 Å². The maximum Gasteiger partial charge on any atom is 0.222 e. The molecule has 0 aromatic carbocycles. The SMILES string of the molecule is CC(C)C(=O)NCCNC1CCCC(C(C)C)C1. The molecule has 0 aliphatic heterocycles. The molecule has 1 saturated carbocycles. The van der Waals surface area contributed by atoms with Crippen LogP contribution in [0.4, 0.5) is 0 Å². The molecule has 0 radical (unpaired) electrons. The number of hydrogen-bond acceptors (Lipinski definition) is 2. The summed E-state index contributed by atoms with van der Waals surface area (Å²) in [5.41, 5.74) is 0. The number of hydrogen-bond donors (Lipinski definition) is 2. The van der Waals surface area contributed by atoms with Gasteiger partial charge in [-0.3, -0.25) is 4.79 Å². The second-order valence-electron chi connectivity index (χ2n) is 6.27. The zero-order chi connectivity index (χ0) is 13.5. The van der Waals surface area contributed by atoms with Crippen LogP contribution in [0.1, 0.15) is 53.4 Å². The van der Waals surface area contributed by atoms with Gasteiger partial charge in [0, 0.05) is 25.0 Å². The second-order valence-corrected chi connectivity index (χ2v) is 6.27. The van der Waals surface area contributed by atoms with Crippen molar-refractivity contribution in [3.05, 3.63) is 0 Å². The van der Waals surface area contributed by atoms with Crippen LogP contribution in [0.3, 0.4) is 0 Å². The molecule has 106 valence electrons. The van der Waals surface area contributed by atoms with E-state index in [9.17, 15) is 4.79 Å². The van der Waals surface area contributed by atoms with E-state index >= 15 is 0 Å². The Bertz CT molecular complexity index is 251. The van der Waals surface area contributed by atoms with Crippen molar-refractivity contribution in [1.29, 1.82) is 0 Å². The molecule has 2 atom stereocenters. The Balaban J connectivity index is 2.14. The van der Waals surface area contributed by atoms with Crippen LogP contribution in [-0.2, 0) is 4.79 Å². The van der Waals surface area contributed by atoms with E-state index in [1.807, 2.05) is 13.8 Å². The molecule has 1 amide bonds. The fraction of sp³-hybridized carbons (Fsp3) is 0.933. The fourth-order valence-corrected chi connectivity index (χ4v) is 2.68. The van der Waals surface area contributed by atoms with Crippen LogP contribution >= 0.6 is 0 Å². The minimum absolute atomic E-state index is 0.0880. The van der Waals surface area contributed by atoms with Crippen molar-refractivity contribution < 1.29 is 4.79 Å². The third-order valence-corrected chi connectivity index (χ3v) is 4.04. The Morgan fingerprint density at radius 1 is 1.17 bits per heavy atom. The molecule has 2 unspecified atom stereocenters. The Morgan fingerprint density at radius 2 is 1.89 bits per heavy atom. The van der Waals surface area contributed by atoms with Gasteiger partial charge in [0.25, 0.3) is 0 Å². The highest BCUT2D eigenvalue weighted by atomic mass is 16.1. The molecule has 1 fully saturated rings. The monoisotopic (exact) mass is 254 g/mol. The molecular weight excluding hydrogens is 224 g/mol. The number of nitrogens with one attached hydrogen (secondary N) is 2. The maximum absolute atomic E-state index is 11.4. The van der Waals surface area contributed by atoms with Gasteiger partial charge in [-0.1, -0.05) is 40.5 Å². The first-order valence-electron chi connectivity index (χ1n) is 7.51. The summed E-state index contributed by atoms with van der Waals surface area (Å²) in [6.45, 7) is 10.2. The average molecular weight is 254 g/mol. The molecular formula is C15H30N2O. The van der Waals surface area contributed by atoms with E-state index in [0.29, 0.717) is 6.04 Å². The highest BCUT2D eigenvalue weighted by Crippen LogP contribution is 2.29. The van der Waals surface area contributed by atoms with E-state index in [1.54, 1.807) is 0 Å². The number of amides is 1. The van der Waals surface area contributed by atoms with E-state index in [1.165, 1.54) is 25.7 Å². The van der Waals surface area contributed by atoms with E-state index in [2.05, 4.69) is 24.5 Å². The fourth-order valence-electron chi connectivity index (χ4n) is 2.68. The minimum Gasteiger partial charge on any atom is -0.355 e. The Morgan fingerprint density at radius 3 is 2.50 bits per heavy atom. The molecule has 0 saturated heterocycles. The van der Waals surface area contributed by atoms with Crippen LogP contribution in [0.5, 0.6) is 0 Å². The molecule has 1 aliphatic carbocycles. The van der Waals surface area contributed by atoms with E-state index in [0.717, 1.165) is 24.9 Å². The molecule has 18 heavy (non-hydrogen) atoms. The second kappa shape index (κ2) is 7.78. The summed E-state index contributed by atoms with van der Waals surface area (Å²) in [4.78, 5) is 11.4. The summed E-state index contributed by atoms with van der Waals surface area (Å²) < 4.78 is 0. The minimum atomic E-state index is 0.0880. The van der Waals surface area contributed by atoms with Crippen molar-refractivity contribution in [3.8, 4) is 0 Å². The van der Waals surface area contributed by atoms with Crippen LogP contribution in [0, 0.1) is 17.8 Å². The predicted molar refractivity (Wildman–Crippen MR) is 76.4 cm³/mol. The molecule has 3 nitrogen and oxygen atoms in total. The molecule has 2 N–H and O–H groups in total. The van der Waals surface area contributed by atoms with Gasteiger partial charge < -0.3 is 10.6 Å². The topological polar surface area (TPSA) is 41.1 Å². The maximum atomic E-state index is 11.4. The van der Waals surface area contributed by atoms with Crippen molar-refractivity contribution in [3.63, 3.8) is 0 Å². The molecule has 0 spiro atoms. The van der Waals surface area contributed by atoms with Crippen molar-refractivity contribution in [2.24, 2.45) is 17.8 Å². The summed E-state index contributed by atoms with van der Waals surface area (Å²) in [5, 5.41) is 6.54. The first-order valence-corrected chi connectivity index (χ1v) is 7.51. The van der Waals surface area contributed by atoms with E-state index in [4.69, 9.17) is 0 Å². The molecule has 1 aliphatic rings. The standard InChI is InChI=1S/C15H30N2O/c1-11(2)13-6-5-7-14(10-13)16-8-9-17-15(18)12(3)4/h11-14,16H,5-10H2,1-4H3,(H,17,18). The lowest BCUT2D eigenvalue weighted by molar-refractivity contribution is -0.123. The Kier molecular flexibility index (Phi) is 6.69. The lowest BCUT2D eigenvalue weighted by Crippen LogP contribution is -2.40. The molecule has 0 bridgehead atoms. The molecule has 1 rings (SSSR count). The summed E-state index contributed by atoms with van der Waals surface area (Å²) in [6, 6.07) is 0.655. The third-order valence-electron chi connectivity index (χ3n) is 4.04. The van der Waals surface area contributed by atoms with Gasteiger partial charge in [-0.15, -0.1) is 0 Å². The summed E-state index contributed by atoms with van der Waals surface area (Å²) >= 11 is 0.